The van der Waals surface area contributed by atoms with Gasteiger partial charge in [0.15, 0.2) is 0 Å². The van der Waals surface area contributed by atoms with Gasteiger partial charge in [0.1, 0.15) is 5.82 Å². The van der Waals surface area contributed by atoms with Crippen LogP contribution >= 0.6 is 12.4 Å². The largest absolute Gasteiger partial charge is 0.354 e. The van der Waals surface area contributed by atoms with Gasteiger partial charge in [0.2, 0.25) is 5.91 Å². The summed E-state index contributed by atoms with van der Waals surface area (Å²) < 4.78 is 12.7. The minimum Gasteiger partial charge on any atom is -0.354 e. The maximum absolute atomic E-state index is 12.7. The predicted octanol–water partition coefficient (Wildman–Crippen LogP) is 2.20. The Bertz CT molecular complexity index is 387. The van der Waals surface area contributed by atoms with Gasteiger partial charge >= 0.3 is 0 Å². The lowest BCUT2D eigenvalue weighted by Gasteiger charge is -2.20. The first kappa shape index (κ1) is 16.9. The Kier molecular flexibility index (Phi) is 6.29. The summed E-state index contributed by atoms with van der Waals surface area (Å²) in [7, 11) is 0. The smallest absolute Gasteiger partial charge is 0.239 e. The molecule has 1 amide bonds. The van der Waals surface area contributed by atoms with Gasteiger partial charge in [-0.15, -0.1) is 12.4 Å². The zero-order chi connectivity index (χ0) is 13.1. The first-order chi connectivity index (χ1) is 7.80. The zero-order valence-electron chi connectivity index (χ0n) is 10.9. The van der Waals surface area contributed by atoms with Crippen LogP contribution in [-0.2, 0) is 4.79 Å². The van der Waals surface area contributed by atoms with Crippen LogP contribution in [-0.4, -0.2) is 18.0 Å². The van der Waals surface area contributed by atoms with Crippen LogP contribution in [0.4, 0.5) is 4.39 Å². The highest BCUT2D eigenvalue weighted by Gasteiger charge is 2.21. The van der Waals surface area contributed by atoms with Crippen molar-refractivity contribution in [3.05, 3.63) is 35.6 Å². The van der Waals surface area contributed by atoms with E-state index in [1.165, 1.54) is 12.1 Å². The van der Waals surface area contributed by atoms with Crippen molar-refractivity contribution in [3.63, 3.8) is 0 Å². The number of carbonyl (C=O) groups excluding carboxylic acids is 1. The number of hydrogen-bond acceptors (Lipinski definition) is 2. The van der Waals surface area contributed by atoms with Crippen LogP contribution in [0.2, 0.25) is 0 Å². The first-order valence-electron chi connectivity index (χ1n) is 5.63. The van der Waals surface area contributed by atoms with Crippen LogP contribution in [0.3, 0.4) is 0 Å². The third-order valence-corrected chi connectivity index (χ3v) is 2.59. The van der Waals surface area contributed by atoms with E-state index >= 15 is 0 Å². The second kappa shape index (κ2) is 6.71. The second-order valence-corrected chi connectivity index (χ2v) is 4.88. The van der Waals surface area contributed by atoms with Crippen LogP contribution < -0.4 is 11.1 Å². The van der Waals surface area contributed by atoms with Crippen molar-refractivity contribution in [1.82, 2.24) is 5.32 Å². The molecule has 3 nitrogen and oxygen atoms in total. The molecule has 0 fully saturated rings. The van der Waals surface area contributed by atoms with Crippen LogP contribution in [0.25, 0.3) is 0 Å². The van der Waals surface area contributed by atoms with Gasteiger partial charge in [-0.25, -0.2) is 4.39 Å². The molecule has 0 bridgehead atoms. The summed E-state index contributed by atoms with van der Waals surface area (Å²) in [6.07, 6.45) is 0. The molecule has 102 valence electrons. The fraction of sp³-hybridized carbons (Fsp3) is 0.462. The van der Waals surface area contributed by atoms with E-state index in [-0.39, 0.29) is 30.0 Å². The number of benzene rings is 1. The molecule has 0 aliphatic rings. The van der Waals surface area contributed by atoms with Crippen molar-refractivity contribution in [2.75, 3.05) is 6.54 Å². The summed E-state index contributed by atoms with van der Waals surface area (Å²) in [6.45, 7) is 5.78. The molecule has 3 N–H and O–H groups in total. The van der Waals surface area contributed by atoms with E-state index in [1.807, 2.05) is 6.92 Å². The van der Waals surface area contributed by atoms with E-state index in [1.54, 1.807) is 26.0 Å². The van der Waals surface area contributed by atoms with Crippen molar-refractivity contribution in [2.24, 2.45) is 5.73 Å². The van der Waals surface area contributed by atoms with Crippen molar-refractivity contribution < 1.29 is 9.18 Å². The number of carbonyl (C=O) groups is 1. The lowest BCUT2D eigenvalue weighted by molar-refractivity contribution is -0.125. The highest BCUT2D eigenvalue weighted by molar-refractivity contribution is 5.85. The summed E-state index contributed by atoms with van der Waals surface area (Å²) in [4.78, 5) is 11.6. The van der Waals surface area contributed by atoms with E-state index in [4.69, 9.17) is 5.73 Å². The van der Waals surface area contributed by atoms with Crippen molar-refractivity contribution in [1.29, 1.82) is 0 Å². The van der Waals surface area contributed by atoms with E-state index in [2.05, 4.69) is 5.32 Å². The molecule has 18 heavy (non-hydrogen) atoms. The zero-order valence-corrected chi connectivity index (χ0v) is 11.7. The molecule has 0 saturated carbocycles. The Morgan fingerprint density at radius 3 is 2.33 bits per heavy atom. The Morgan fingerprint density at radius 2 is 1.89 bits per heavy atom. The molecule has 0 aromatic heterocycles. The molecule has 0 saturated heterocycles. The van der Waals surface area contributed by atoms with Gasteiger partial charge in [-0.2, -0.15) is 0 Å². The average Bonchev–Trinajstić information content (AvgIpc) is 2.25. The van der Waals surface area contributed by atoms with Crippen LogP contribution in [0, 0.1) is 5.82 Å². The molecule has 0 spiro atoms. The highest BCUT2D eigenvalue weighted by Crippen LogP contribution is 2.14. The molecule has 0 heterocycles. The van der Waals surface area contributed by atoms with E-state index in [0.29, 0.717) is 6.54 Å². The molecular formula is C13H20ClFN2O. The Hall–Kier alpha value is -1.13. The topological polar surface area (TPSA) is 55.1 Å². The number of rotatable bonds is 4. The van der Waals surface area contributed by atoms with Gasteiger partial charge in [0.05, 0.1) is 5.54 Å². The van der Waals surface area contributed by atoms with Gasteiger partial charge in [0, 0.05) is 6.54 Å². The number of halogens is 2. The fourth-order valence-corrected chi connectivity index (χ4v) is 1.38. The van der Waals surface area contributed by atoms with Gasteiger partial charge in [0.25, 0.3) is 0 Å². The normalized spacial score (nSPS) is 12.5. The van der Waals surface area contributed by atoms with Gasteiger partial charge in [-0.3, -0.25) is 4.79 Å². The minimum absolute atomic E-state index is 0. The number of amides is 1. The summed E-state index contributed by atoms with van der Waals surface area (Å²) in [5.41, 5.74) is 5.78. The molecule has 0 aliphatic heterocycles. The van der Waals surface area contributed by atoms with Gasteiger partial charge in [-0.1, -0.05) is 19.1 Å². The standard InChI is InChI=1S/C13H19FN2O.ClH/c1-9(8-16-12(17)13(2,3)15)10-4-6-11(14)7-5-10;/h4-7,9H,8,15H2,1-3H3,(H,16,17);1H. The number of nitrogens with one attached hydrogen (secondary N) is 1. The Balaban J connectivity index is 0.00000289. The van der Waals surface area contributed by atoms with Crippen LogP contribution in [0.1, 0.15) is 32.3 Å². The average molecular weight is 275 g/mol. The predicted molar refractivity (Wildman–Crippen MR) is 73.3 cm³/mol. The maximum atomic E-state index is 12.7. The maximum Gasteiger partial charge on any atom is 0.239 e. The molecule has 1 aromatic carbocycles. The highest BCUT2D eigenvalue weighted by atomic mass is 35.5. The third-order valence-electron chi connectivity index (χ3n) is 2.59. The molecular weight excluding hydrogens is 255 g/mol. The molecule has 0 aliphatic carbocycles. The summed E-state index contributed by atoms with van der Waals surface area (Å²) >= 11 is 0. The monoisotopic (exact) mass is 274 g/mol. The summed E-state index contributed by atoms with van der Waals surface area (Å²) in [5, 5.41) is 2.78. The van der Waals surface area contributed by atoms with Gasteiger partial charge in [-0.05, 0) is 37.5 Å². The van der Waals surface area contributed by atoms with Crippen molar-refractivity contribution >= 4 is 18.3 Å². The number of nitrogens with two attached hydrogens (primary N) is 1. The second-order valence-electron chi connectivity index (χ2n) is 4.88. The quantitative estimate of drug-likeness (QED) is 0.884. The van der Waals surface area contributed by atoms with E-state index in [0.717, 1.165) is 5.56 Å². The van der Waals surface area contributed by atoms with E-state index < -0.39 is 5.54 Å². The lowest BCUT2D eigenvalue weighted by atomic mass is 10.0. The van der Waals surface area contributed by atoms with E-state index in [9.17, 15) is 9.18 Å². The minimum atomic E-state index is -0.873. The number of hydrogen-bond donors (Lipinski definition) is 2. The summed E-state index contributed by atoms with van der Waals surface area (Å²) in [6, 6.07) is 6.28. The molecule has 0 radical (unpaired) electrons. The van der Waals surface area contributed by atoms with Crippen molar-refractivity contribution in [3.8, 4) is 0 Å². The first-order valence-corrected chi connectivity index (χ1v) is 5.63. The molecule has 1 rings (SSSR count). The molecule has 1 unspecified atom stereocenters. The molecule has 1 atom stereocenters. The summed E-state index contributed by atoms with van der Waals surface area (Å²) in [5.74, 6) is -0.318. The SMILES string of the molecule is CC(CNC(=O)C(C)(C)N)c1ccc(F)cc1.Cl. The van der Waals surface area contributed by atoms with Crippen LogP contribution in [0.15, 0.2) is 24.3 Å². The Labute approximate surface area is 113 Å². The van der Waals surface area contributed by atoms with Gasteiger partial charge < -0.3 is 11.1 Å². The molecule has 1 aromatic rings. The lowest BCUT2D eigenvalue weighted by Crippen LogP contribution is -2.49. The third kappa shape index (κ3) is 5.02. The molecule has 5 heteroatoms. The van der Waals surface area contributed by atoms with Crippen LogP contribution in [0.5, 0.6) is 0 Å². The fourth-order valence-electron chi connectivity index (χ4n) is 1.38. The Morgan fingerprint density at radius 1 is 1.39 bits per heavy atom. The van der Waals surface area contributed by atoms with Crippen molar-refractivity contribution in [2.45, 2.75) is 32.2 Å².